The first-order chi connectivity index (χ1) is 11.4. The fraction of sp³-hybridized carbons (Fsp3) is 0.462. The number of nitrogens with zero attached hydrogens (tertiary/aromatic N) is 3. The number of nitrogens with one attached hydrogen (secondary N) is 1. The van der Waals surface area contributed by atoms with Gasteiger partial charge >= 0.3 is 11.2 Å². The fourth-order valence-electron chi connectivity index (χ4n) is 2.82. The molecule has 0 amide bonds. The van der Waals surface area contributed by atoms with Gasteiger partial charge in [0.1, 0.15) is 18.3 Å². The van der Waals surface area contributed by atoms with Gasteiger partial charge in [-0.1, -0.05) is 6.08 Å². The quantitative estimate of drug-likeness (QED) is 0.374. The molecule has 3 rings (SSSR count). The van der Waals surface area contributed by atoms with E-state index in [1.54, 1.807) is 0 Å². The van der Waals surface area contributed by atoms with Gasteiger partial charge in [-0.05, 0) is 0 Å². The van der Waals surface area contributed by atoms with E-state index in [-0.39, 0.29) is 23.7 Å². The molecule has 2 aromatic heterocycles. The number of nitrogen functional groups attached to an aromatic ring is 1. The van der Waals surface area contributed by atoms with Crippen LogP contribution < -0.4 is 17.0 Å². The van der Waals surface area contributed by atoms with Gasteiger partial charge in [0.15, 0.2) is 17.4 Å². The number of nitrogens with two attached hydrogens (primary N) is 1. The fourth-order valence-corrected chi connectivity index (χ4v) is 2.82. The average molecular weight is 339 g/mol. The minimum Gasteiger partial charge on any atom is -0.394 e. The molecule has 1 aliphatic heterocycles. The van der Waals surface area contributed by atoms with E-state index in [0.29, 0.717) is 0 Å². The van der Waals surface area contributed by atoms with Gasteiger partial charge < -0.3 is 25.8 Å². The Labute approximate surface area is 134 Å². The third-order valence-corrected chi connectivity index (χ3v) is 3.95. The van der Waals surface area contributed by atoms with E-state index in [0.717, 1.165) is 4.57 Å². The summed E-state index contributed by atoms with van der Waals surface area (Å²) < 4.78 is 7.69. The maximum Gasteiger partial charge on any atom is 0.330 e. The third kappa shape index (κ3) is 2.26. The van der Waals surface area contributed by atoms with Gasteiger partial charge in [0, 0.05) is 6.54 Å². The van der Waals surface area contributed by atoms with Crippen LogP contribution in [-0.2, 0) is 11.3 Å². The highest BCUT2D eigenvalue weighted by molar-refractivity contribution is 5.72. The highest BCUT2D eigenvalue weighted by atomic mass is 16.6. The molecule has 24 heavy (non-hydrogen) atoms. The summed E-state index contributed by atoms with van der Waals surface area (Å²) in [5, 5.41) is 29.2. The van der Waals surface area contributed by atoms with E-state index in [2.05, 4.69) is 16.5 Å². The number of rotatable bonds is 4. The zero-order valence-electron chi connectivity index (χ0n) is 12.5. The summed E-state index contributed by atoms with van der Waals surface area (Å²) in [7, 11) is 0. The molecule has 6 N–H and O–H groups in total. The Hall–Kier alpha value is -2.47. The van der Waals surface area contributed by atoms with E-state index in [1.807, 2.05) is 0 Å². The molecule has 0 aromatic carbocycles. The molecule has 4 unspecified atom stereocenters. The van der Waals surface area contributed by atoms with Crippen molar-refractivity contribution in [1.29, 1.82) is 0 Å². The van der Waals surface area contributed by atoms with E-state index < -0.39 is 42.4 Å². The molecule has 0 saturated carbocycles. The second-order valence-corrected chi connectivity index (χ2v) is 5.40. The number of ether oxygens (including phenoxy) is 1. The van der Waals surface area contributed by atoms with Crippen LogP contribution in [0.1, 0.15) is 6.23 Å². The molecule has 0 bridgehead atoms. The van der Waals surface area contributed by atoms with Gasteiger partial charge in [-0.15, -0.1) is 6.58 Å². The average Bonchev–Trinajstić information content (AvgIpc) is 3.02. The second-order valence-electron chi connectivity index (χ2n) is 5.40. The molecule has 0 spiro atoms. The van der Waals surface area contributed by atoms with Crippen LogP contribution in [0.2, 0.25) is 0 Å². The summed E-state index contributed by atoms with van der Waals surface area (Å²) in [6.07, 6.45) is -3.77. The summed E-state index contributed by atoms with van der Waals surface area (Å²) in [5.41, 5.74) is 4.19. The van der Waals surface area contributed by atoms with Crippen LogP contribution in [0.15, 0.2) is 22.2 Å². The molecule has 1 fully saturated rings. The highest BCUT2D eigenvalue weighted by Gasteiger charge is 2.45. The first-order valence-electron chi connectivity index (χ1n) is 7.14. The van der Waals surface area contributed by atoms with Gasteiger partial charge in [-0.2, -0.15) is 4.98 Å². The van der Waals surface area contributed by atoms with E-state index in [1.165, 1.54) is 10.6 Å². The number of aliphatic hydroxyl groups excluding tert-OH is 3. The Morgan fingerprint density at radius 3 is 2.67 bits per heavy atom. The Balaban J connectivity index is 2.29. The Morgan fingerprint density at radius 1 is 1.38 bits per heavy atom. The van der Waals surface area contributed by atoms with E-state index in [4.69, 9.17) is 10.5 Å². The predicted molar refractivity (Wildman–Crippen MR) is 82.2 cm³/mol. The Morgan fingerprint density at radius 2 is 2.08 bits per heavy atom. The number of hydrogen-bond donors (Lipinski definition) is 5. The molecule has 130 valence electrons. The van der Waals surface area contributed by atoms with Crippen LogP contribution in [0.25, 0.3) is 11.2 Å². The number of fused-ring (bicyclic) bond motifs is 1. The summed E-state index contributed by atoms with van der Waals surface area (Å²) in [6, 6.07) is 0. The monoisotopic (exact) mass is 339 g/mol. The Bertz CT molecular complexity index is 899. The summed E-state index contributed by atoms with van der Waals surface area (Å²) in [5.74, 6) is -0.146. The lowest BCUT2D eigenvalue weighted by atomic mass is 10.1. The minimum atomic E-state index is -1.49. The molecule has 3 heterocycles. The highest BCUT2D eigenvalue weighted by Crippen LogP contribution is 2.30. The summed E-state index contributed by atoms with van der Waals surface area (Å²) in [4.78, 5) is 30.3. The van der Waals surface area contributed by atoms with Crippen molar-refractivity contribution < 1.29 is 20.1 Å². The molecule has 2 aromatic rings. The molecule has 1 saturated heterocycles. The van der Waals surface area contributed by atoms with Crippen LogP contribution in [-0.4, -0.2) is 59.3 Å². The number of imidazole rings is 1. The normalized spacial score (nSPS) is 27.0. The van der Waals surface area contributed by atoms with Crippen molar-refractivity contribution in [3.63, 3.8) is 0 Å². The molecule has 0 radical (unpaired) electrons. The predicted octanol–water partition coefficient (Wildman–Crippen LogP) is -2.73. The molecule has 11 heteroatoms. The lowest BCUT2D eigenvalue weighted by molar-refractivity contribution is -0.0526. The molecular weight excluding hydrogens is 322 g/mol. The van der Waals surface area contributed by atoms with Gasteiger partial charge in [0.05, 0.1) is 6.61 Å². The second kappa shape index (κ2) is 5.87. The zero-order chi connectivity index (χ0) is 17.6. The molecular formula is C13H17N5O6. The lowest BCUT2D eigenvalue weighted by Gasteiger charge is -2.18. The van der Waals surface area contributed by atoms with Crippen LogP contribution in [0, 0.1) is 0 Å². The molecule has 1 aliphatic rings. The van der Waals surface area contributed by atoms with E-state index in [9.17, 15) is 24.9 Å². The molecule has 4 atom stereocenters. The number of aromatic nitrogens is 4. The number of aromatic amines is 1. The standard InChI is InChI=1S/C13H17N5O6/c1-2-3-17-10-6(9(22)16-12(17)14)15-13(23)18(10)11-8(21)7(20)5(4-19)24-11/h2,5,7-8,11,19-21H,1,3-4H2,(H,15,23)(H2,14,16,22). The summed E-state index contributed by atoms with van der Waals surface area (Å²) >= 11 is 0. The minimum absolute atomic E-state index is 0.0484. The maximum absolute atomic E-state index is 12.3. The maximum atomic E-state index is 12.3. The number of H-pyrrole nitrogens is 1. The van der Waals surface area contributed by atoms with Gasteiger partial charge in [0.25, 0.3) is 0 Å². The van der Waals surface area contributed by atoms with Crippen molar-refractivity contribution in [1.82, 2.24) is 19.1 Å². The number of allylic oxidation sites excluding steroid dienone is 1. The third-order valence-electron chi connectivity index (χ3n) is 3.95. The SMILES string of the molecule is C=CCn1c(N)nc(=O)c2[nH]c(=O)n(C3OC(CO)C(O)C3O)c21. The van der Waals surface area contributed by atoms with Crippen LogP contribution in [0.5, 0.6) is 0 Å². The number of anilines is 1. The van der Waals surface area contributed by atoms with Gasteiger partial charge in [-0.25, -0.2) is 9.36 Å². The van der Waals surface area contributed by atoms with E-state index >= 15 is 0 Å². The smallest absolute Gasteiger partial charge is 0.330 e. The first kappa shape index (κ1) is 16.4. The van der Waals surface area contributed by atoms with Crippen molar-refractivity contribution >= 4 is 17.1 Å². The van der Waals surface area contributed by atoms with Crippen molar-refractivity contribution in [2.24, 2.45) is 0 Å². The topological polar surface area (TPSA) is 169 Å². The van der Waals surface area contributed by atoms with Crippen LogP contribution >= 0.6 is 0 Å². The van der Waals surface area contributed by atoms with Crippen molar-refractivity contribution in [3.8, 4) is 0 Å². The zero-order valence-corrected chi connectivity index (χ0v) is 12.5. The van der Waals surface area contributed by atoms with Crippen LogP contribution in [0.3, 0.4) is 0 Å². The van der Waals surface area contributed by atoms with Crippen LogP contribution in [0.4, 0.5) is 5.95 Å². The lowest BCUT2D eigenvalue weighted by Crippen LogP contribution is -2.35. The Kier molecular flexibility index (Phi) is 4.01. The summed E-state index contributed by atoms with van der Waals surface area (Å²) in [6.45, 7) is 3.17. The molecule has 0 aliphatic carbocycles. The largest absolute Gasteiger partial charge is 0.394 e. The van der Waals surface area contributed by atoms with Gasteiger partial charge in [0.2, 0.25) is 5.95 Å². The number of hydrogen-bond acceptors (Lipinski definition) is 8. The van der Waals surface area contributed by atoms with Crippen molar-refractivity contribution in [2.45, 2.75) is 31.1 Å². The number of aliphatic hydroxyl groups is 3. The first-order valence-corrected chi connectivity index (χ1v) is 7.14. The van der Waals surface area contributed by atoms with Gasteiger partial charge in [-0.3, -0.25) is 14.3 Å². The van der Waals surface area contributed by atoms with Crippen molar-refractivity contribution in [2.75, 3.05) is 12.3 Å². The van der Waals surface area contributed by atoms with Crippen molar-refractivity contribution in [3.05, 3.63) is 33.5 Å². The molecule has 11 nitrogen and oxygen atoms in total.